The molecule has 5 heteroatoms. The van der Waals surface area contributed by atoms with Gasteiger partial charge in [0.2, 0.25) is 0 Å². The van der Waals surface area contributed by atoms with Gasteiger partial charge in [-0.3, -0.25) is 4.98 Å². The van der Waals surface area contributed by atoms with Crippen molar-refractivity contribution < 1.29 is 0 Å². The van der Waals surface area contributed by atoms with Gasteiger partial charge in [0.1, 0.15) is 12.2 Å². The van der Waals surface area contributed by atoms with Gasteiger partial charge in [0, 0.05) is 37.3 Å². The summed E-state index contributed by atoms with van der Waals surface area (Å²) in [5.74, 6) is 1.11. The third kappa shape index (κ3) is 2.56. The van der Waals surface area contributed by atoms with Crippen LogP contribution in [0.4, 0.5) is 0 Å². The molecule has 1 atom stereocenters. The maximum absolute atomic E-state index is 4.32. The smallest absolute Gasteiger partial charge is 0.138 e. The summed E-state index contributed by atoms with van der Waals surface area (Å²) in [6.45, 7) is 1.89. The van der Waals surface area contributed by atoms with Gasteiger partial charge in [0.05, 0.1) is 6.54 Å². The molecule has 1 aliphatic heterocycles. The van der Waals surface area contributed by atoms with Crippen LogP contribution in [0.3, 0.4) is 0 Å². The Balaban J connectivity index is 1.48. The lowest BCUT2D eigenvalue weighted by Gasteiger charge is -2.23. The quantitative estimate of drug-likeness (QED) is 0.864. The zero-order chi connectivity index (χ0) is 12.2. The molecule has 0 bridgehead atoms. The lowest BCUT2D eigenvalue weighted by molar-refractivity contribution is 0.361. The van der Waals surface area contributed by atoms with Crippen molar-refractivity contribution in [3.05, 3.63) is 42.2 Å². The van der Waals surface area contributed by atoms with E-state index < -0.39 is 0 Å². The van der Waals surface area contributed by atoms with Gasteiger partial charge in [0.25, 0.3) is 0 Å². The van der Waals surface area contributed by atoms with E-state index in [1.807, 2.05) is 23.0 Å². The van der Waals surface area contributed by atoms with Gasteiger partial charge in [-0.15, -0.1) is 0 Å². The molecular weight excluding hydrogens is 226 g/mol. The van der Waals surface area contributed by atoms with Gasteiger partial charge in [-0.2, -0.15) is 5.10 Å². The van der Waals surface area contributed by atoms with Gasteiger partial charge >= 0.3 is 0 Å². The molecule has 2 aromatic rings. The van der Waals surface area contributed by atoms with Crippen molar-refractivity contribution in [3.8, 4) is 0 Å². The van der Waals surface area contributed by atoms with Crippen molar-refractivity contribution in [2.24, 2.45) is 0 Å². The lowest BCUT2D eigenvalue weighted by atomic mass is 10.1. The Morgan fingerprint density at radius 2 is 2.33 bits per heavy atom. The summed E-state index contributed by atoms with van der Waals surface area (Å²) < 4.78 is 2.00. The van der Waals surface area contributed by atoms with E-state index >= 15 is 0 Å². The van der Waals surface area contributed by atoms with Crippen LogP contribution in [-0.4, -0.2) is 32.3 Å². The van der Waals surface area contributed by atoms with E-state index in [-0.39, 0.29) is 0 Å². The summed E-state index contributed by atoms with van der Waals surface area (Å²) in [7, 11) is 0. The van der Waals surface area contributed by atoms with Crippen molar-refractivity contribution in [2.75, 3.05) is 6.54 Å². The largest absolute Gasteiger partial charge is 0.312 e. The number of pyridine rings is 1. The lowest BCUT2D eigenvalue weighted by Crippen LogP contribution is -2.38. The van der Waals surface area contributed by atoms with Crippen LogP contribution in [-0.2, 0) is 19.4 Å². The number of nitrogens with one attached hydrogen (secondary N) is 1. The molecule has 0 saturated heterocycles. The minimum atomic E-state index is 0.503. The molecule has 18 heavy (non-hydrogen) atoms. The molecule has 1 aliphatic rings. The molecule has 94 valence electrons. The Kier molecular flexibility index (Phi) is 3.32. The highest BCUT2D eigenvalue weighted by molar-refractivity contribution is 5.03. The Hall–Kier alpha value is -1.75. The zero-order valence-electron chi connectivity index (χ0n) is 10.3. The van der Waals surface area contributed by atoms with Crippen molar-refractivity contribution in [2.45, 2.75) is 31.8 Å². The predicted octanol–water partition coefficient (Wildman–Crippen LogP) is 0.820. The Morgan fingerprint density at radius 3 is 3.22 bits per heavy atom. The summed E-state index contributed by atoms with van der Waals surface area (Å²) in [6, 6.07) is 6.55. The van der Waals surface area contributed by atoms with E-state index in [0.29, 0.717) is 6.04 Å². The van der Waals surface area contributed by atoms with Crippen LogP contribution in [0.15, 0.2) is 30.7 Å². The number of aryl methyl sites for hydroxylation is 1. The zero-order valence-corrected chi connectivity index (χ0v) is 10.3. The molecule has 5 nitrogen and oxygen atoms in total. The van der Waals surface area contributed by atoms with Crippen LogP contribution in [0.25, 0.3) is 0 Å². The fourth-order valence-corrected chi connectivity index (χ4v) is 2.35. The van der Waals surface area contributed by atoms with Crippen LogP contribution >= 0.6 is 0 Å². The van der Waals surface area contributed by atoms with E-state index in [1.54, 1.807) is 6.33 Å². The number of aromatic nitrogens is 4. The first-order valence-electron chi connectivity index (χ1n) is 6.42. The van der Waals surface area contributed by atoms with Crippen molar-refractivity contribution in [1.82, 2.24) is 25.1 Å². The average Bonchev–Trinajstić information content (AvgIpc) is 2.87. The Bertz CT molecular complexity index is 493. The average molecular weight is 243 g/mol. The first kappa shape index (κ1) is 11.3. The predicted molar refractivity (Wildman–Crippen MR) is 68.1 cm³/mol. The molecule has 0 radical (unpaired) electrons. The van der Waals surface area contributed by atoms with Gasteiger partial charge in [-0.25, -0.2) is 9.67 Å². The normalized spacial score (nSPS) is 18.6. The summed E-state index contributed by atoms with van der Waals surface area (Å²) in [6.07, 6.45) is 6.62. The third-order valence-electron chi connectivity index (χ3n) is 3.35. The molecule has 1 N–H and O–H groups in total. The molecule has 0 amide bonds. The second-order valence-electron chi connectivity index (χ2n) is 4.62. The SMILES string of the molecule is c1ccc(CCNC2CCc3ncnn3C2)nc1. The van der Waals surface area contributed by atoms with E-state index in [1.165, 1.54) is 0 Å². The van der Waals surface area contributed by atoms with Gasteiger partial charge in [-0.1, -0.05) is 6.07 Å². The van der Waals surface area contributed by atoms with Crippen molar-refractivity contribution in [3.63, 3.8) is 0 Å². The second kappa shape index (κ2) is 5.27. The first-order valence-corrected chi connectivity index (χ1v) is 6.42. The number of rotatable bonds is 4. The van der Waals surface area contributed by atoms with E-state index in [2.05, 4.69) is 26.4 Å². The molecule has 0 spiro atoms. The maximum atomic E-state index is 4.32. The molecule has 0 saturated carbocycles. The van der Waals surface area contributed by atoms with E-state index in [9.17, 15) is 0 Å². The molecule has 1 unspecified atom stereocenters. The topological polar surface area (TPSA) is 55.6 Å². The van der Waals surface area contributed by atoms with Crippen LogP contribution in [0.5, 0.6) is 0 Å². The Labute approximate surface area is 106 Å². The molecule has 3 rings (SSSR count). The van der Waals surface area contributed by atoms with Crippen LogP contribution in [0, 0.1) is 0 Å². The molecular formula is C13H17N5. The fraction of sp³-hybridized carbons (Fsp3) is 0.462. The number of hydrogen-bond acceptors (Lipinski definition) is 4. The van der Waals surface area contributed by atoms with E-state index in [4.69, 9.17) is 0 Å². The third-order valence-corrected chi connectivity index (χ3v) is 3.35. The summed E-state index contributed by atoms with van der Waals surface area (Å²) in [5, 5.41) is 7.80. The minimum Gasteiger partial charge on any atom is -0.312 e. The highest BCUT2D eigenvalue weighted by Gasteiger charge is 2.18. The van der Waals surface area contributed by atoms with Crippen LogP contribution < -0.4 is 5.32 Å². The van der Waals surface area contributed by atoms with Crippen LogP contribution in [0.1, 0.15) is 17.9 Å². The molecule has 3 heterocycles. The van der Waals surface area contributed by atoms with Gasteiger partial charge in [0.15, 0.2) is 0 Å². The van der Waals surface area contributed by atoms with Crippen LogP contribution in [0.2, 0.25) is 0 Å². The first-order chi connectivity index (χ1) is 8.92. The molecule has 0 aromatic carbocycles. The fourth-order valence-electron chi connectivity index (χ4n) is 2.35. The number of hydrogen-bond donors (Lipinski definition) is 1. The maximum Gasteiger partial charge on any atom is 0.138 e. The number of nitrogens with zero attached hydrogens (tertiary/aromatic N) is 4. The Morgan fingerprint density at radius 1 is 1.33 bits per heavy atom. The van der Waals surface area contributed by atoms with Crippen molar-refractivity contribution >= 4 is 0 Å². The molecule has 0 fully saturated rings. The highest BCUT2D eigenvalue weighted by Crippen LogP contribution is 2.11. The molecule has 2 aromatic heterocycles. The summed E-state index contributed by atoms with van der Waals surface area (Å²) in [5.41, 5.74) is 1.14. The monoisotopic (exact) mass is 243 g/mol. The van der Waals surface area contributed by atoms with Gasteiger partial charge < -0.3 is 5.32 Å². The van der Waals surface area contributed by atoms with Crippen molar-refractivity contribution in [1.29, 1.82) is 0 Å². The minimum absolute atomic E-state index is 0.503. The molecule has 0 aliphatic carbocycles. The summed E-state index contributed by atoms with van der Waals surface area (Å²) >= 11 is 0. The standard InChI is InChI=1S/C13H17N5/c1-2-7-14-11(3-1)6-8-15-12-4-5-13-16-10-17-18(13)9-12/h1-3,7,10,12,15H,4-6,8-9H2. The summed E-state index contributed by atoms with van der Waals surface area (Å²) in [4.78, 5) is 8.55. The second-order valence-corrected chi connectivity index (χ2v) is 4.62. The highest BCUT2D eigenvalue weighted by atomic mass is 15.3. The van der Waals surface area contributed by atoms with E-state index in [0.717, 1.165) is 43.9 Å². The van der Waals surface area contributed by atoms with Gasteiger partial charge in [-0.05, 0) is 18.6 Å². The number of fused-ring (bicyclic) bond motifs is 1.